The third kappa shape index (κ3) is 3.20. The molecule has 1 unspecified atom stereocenters. The van der Waals surface area contributed by atoms with E-state index in [1.807, 2.05) is 6.92 Å². The first-order valence-corrected chi connectivity index (χ1v) is 9.48. The fourth-order valence-corrected chi connectivity index (χ4v) is 4.24. The van der Waals surface area contributed by atoms with E-state index in [2.05, 4.69) is 14.9 Å². The second-order valence-corrected chi connectivity index (χ2v) is 8.28. The van der Waals surface area contributed by atoms with Gasteiger partial charge < -0.3 is 9.64 Å². The van der Waals surface area contributed by atoms with E-state index in [1.165, 1.54) is 24.0 Å². The van der Waals surface area contributed by atoms with Crippen molar-refractivity contribution in [2.45, 2.75) is 31.8 Å². The summed E-state index contributed by atoms with van der Waals surface area (Å²) < 4.78 is 33.1. The lowest BCUT2D eigenvalue weighted by Crippen LogP contribution is -2.41. The molecule has 0 radical (unpaired) electrons. The summed E-state index contributed by atoms with van der Waals surface area (Å²) in [6.07, 6.45) is -0.161. The third-order valence-electron chi connectivity index (χ3n) is 3.43. The zero-order chi connectivity index (χ0) is 17.5. The lowest BCUT2D eigenvalue weighted by Gasteiger charge is -2.33. The predicted molar refractivity (Wildman–Crippen MR) is 90.0 cm³/mol. The van der Waals surface area contributed by atoms with Gasteiger partial charge in [-0.2, -0.15) is 0 Å². The van der Waals surface area contributed by atoms with Gasteiger partial charge in [-0.05, 0) is 32.0 Å². The van der Waals surface area contributed by atoms with E-state index >= 15 is 0 Å². The van der Waals surface area contributed by atoms with Crippen molar-refractivity contribution in [3.8, 4) is 5.75 Å². The quantitative estimate of drug-likeness (QED) is 0.886. The van der Waals surface area contributed by atoms with Crippen LogP contribution < -0.4 is 14.4 Å². The summed E-state index contributed by atoms with van der Waals surface area (Å²) in [5.74, 6) is 0.309. The van der Waals surface area contributed by atoms with Crippen molar-refractivity contribution in [1.82, 2.24) is 10.2 Å². The monoisotopic (exact) mass is 368 g/mol. The Labute approximate surface area is 143 Å². The SMILES string of the molecule is CC(=O)N1CC(C)Oc2ccc(S(=O)(=O)Nc3nnc(C)s3)cc21. The highest BCUT2D eigenvalue weighted by Gasteiger charge is 2.28. The molecule has 0 spiro atoms. The number of aromatic nitrogens is 2. The van der Waals surface area contributed by atoms with Crippen LogP contribution >= 0.6 is 11.3 Å². The fraction of sp³-hybridized carbons (Fsp3) is 0.357. The first kappa shape index (κ1) is 16.7. The Morgan fingerprint density at radius 1 is 1.42 bits per heavy atom. The molecule has 1 aromatic heterocycles. The van der Waals surface area contributed by atoms with E-state index in [0.717, 1.165) is 11.3 Å². The molecule has 1 atom stereocenters. The van der Waals surface area contributed by atoms with Gasteiger partial charge in [-0.25, -0.2) is 8.42 Å². The van der Waals surface area contributed by atoms with E-state index in [9.17, 15) is 13.2 Å². The van der Waals surface area contributed by atoms with Gasteiger partial charge in [0.15, 0.2) is 0 Å². The molecule has 1 aromatic carbocycles. The molecular formula is C14H16N4O4S2. The molecule has 10 heteroatoms. The second kappa shape index (κ2) is 6.02. The molecule has 2 aromatic rings. The maximum Gasteiger partial charge on any atom is 0.263 e. The zero-order valence-electron chi connectivity index (χ0n) is 13.3. The molecule has 2 heterocycles. The summed E-state index contributed by atoms with van der Waals surface area (Å²) in [4.78, 5) is 13.4. The number of amides is 1. The van der Waals surface area contributed by atoms with Crippen LogP contribution in [0.5, 0.6) is 5.75 Å². The summed E-state index contributed by atoms with van der Waals surface area (Å²) in [5.41, 5.74) is 0.442. The van der Waals surface area contributed by atoms with Gasteiger partial charge >= 0.3 is 0 Å². The molecule has 1 aliphatic rings. The third-order valence-corrected chi connectivity index (χ3v) is 5.65. The van der Waals surface area contributed by atoms with Crippen LogP contribution in [0.15, 0.2) is 23.1 Å². The molecule has 0 saturated heterocycles. The van der Waals surface area contributed by atoms with Crippen molar-refractivity contribution >= 4 is 38.1 Å². The highest BCUT2D eigenvalue weighted by Crippen LogP contribution is 2.36. The van der Waals surface area contributed by atoms with Gasteiger partial charge in [0.1, 0.15) is 16.9 Å². The smallest absolute Gasteiger partial charge is 0.263 e. The summed E-state index contributed by atoms with van der Waals surface area (Å²) in [6, 6.07) is 4.42. The molecule has 0 bridgehead atoms. The van der Waals surface area contributed by atoms with Crippen molar-refractivity contribution in [3.63, 3.8) is 0 Å². The summed E-state index contributed by atoms with van der Waals surface area (Å²) >= 11 is 1.14. The topological polar surface area (TPSA) is 101 Å². The lowest BCUT2D eigenvalue weighted by molar-refractivity contribution is -0.117. The van der Waals surface area contributed by atoms with Crippen LogP contribution in [-0.4, -0.2) is 37.2 Å². The number of aryl methyl sites for hydroxylation is 1. The van der Waals surface area contributed by atoms with E-state index in [1.54, 1.807) is 13.0 Å². The Morgan fingerprint density at radius 3 is 2.79 bits per heavy atom. The van der Waals surface area contributed by atoms with Crippen molar-refractivity contribution in [1.29, 1.82) is 0 Å². The number of carbonyl (C=O) groups excluding carboxylic acids is 1. The van der Waals surface area contributed by atoms with Crippen LogP contribution in [0.2, 0.25) is 0 Å². The maximum absolute atomic E-state index is 12.5. The van der Waals surface area contributed by atoms with Gasteiger partial charge in [-0.3, -0.25) is 9.52 Å². The average Bonchev–Trinajstić information content (AvgIpc) is 2.90. The van der Waals surface area contributed by atoms with Crippen LogP contribution in [0.1, 0.15) is 18.9 Å². The predicted octanol–water partition coefficient (Wildman–Crippen LogP) is 1.78. The number of anilines is 2. The van der Waals surface area contributed by atoms with Crippen LogP contribution in [0.3, 0.4) is 0 Å². The first-order valence-electron chi connectivity index (χ1n) is 7.18. The summed E-state index contributed by atoms with van der Waals surface area (Å²) in [5, 5.41) is 8.38. The average molecular weight is 368 g/mol. The van der Waals surface area contributed by atoms with Crippen molar-refractivity contribution in [2.75, 3.05) is 16.2 Å². The first-order chi connectivity index (χ1) is 11.3. The van der Waals surface area contributed by atoms with Gasteiger partial charge in [-0.1, -0.05) is 11.3 Å². The number of carbonyl (C=O) groups is 1. The number of nitrogens with zero attached hydrogens (tertiary/aromatic N) is 3. The molecule has 0 saturated carbocycles. The Bertz CT molecular complexity index is 894. The second-order valence-electron chi connectivity index (χ2n) is 5.42. The zero-order valence-corrected chi connectivity index (χ0v) is 14.9. The number of nitrogens with one attached hydrogen (secondary N) is 1. The van der Waals surface area contributed by atoms with Crippen molar-refractivity contribution in [2.24, 2.45) is 0 Å². The van der Waals surface area contributed by atoms with Gasteiger partial charge in [0.2, 0.25) is 11.0 Å². The Morgan fingerprint density at radius 2 is 2.17 bits per heavy atom. The molecule has 0 aliphatic carbocycles. The highest BCUT2D eigenvalue weighted by atomic mass is 32.2. The minimum absolute atomic E-state index is 0.0264. The Kier molecular flexibility index (Phi) is 4.18. The van der Waals surface area contributed by atoms with Crippen molar-refractivity contribution < 1.29 is 17.9 Å². The highest BCUT2D eigenvalue weighted by molar-refractivity contribution is 7.93. The number of rotatable bonds is 3. The number of hydrogen-bond donors (Lipinski definition) is 1. The van der Waals surface area contributed by atoms with E-state index in [-0.39, 0.29) is 22.0 Å². The van der Waals surface area contributed by atoms with E-state index < -0.39 is 10.0 Å². The standard InChI is InChI=1S/C14H16N4O4S2/c1-8-7-18(10(3)19)12-6-11(4-5-13(12)22-8)24(20,21)17-14-16-15-9(2)23-14/h4-6,8H,7H2,1-3H3,(H,16,17). The van der Waals surface area contributed by atoms with Gasteiger partial charge in [0, 0.05) is 6.92 Å². The molecule has 1 aliphatic heterocycles. The molecule has 8 nitrogen and oxygen atoms in total. The number of ether oxygens (including phenoxy) is 1. The molecule has 1 N–H and O–H groups in total. The van der Waals surface area contributed by atoms with E-state index in [4.69, 9.17) is 4.74 Å². The summed E-state index contributed by atoms with van der Waals surface area (Å²) in [7, 11) is -3.83. The van der Waals surface area contributed by atoms with Crippen molar-refractivity contribution in [3.05, 3.63) is 23.2 Å². The minimum atomic E-state index is -3.83. The minimum Gasteiger partial charge on any atom is -0.487 e. The summed E-state index contributed by atoms with van der Waals surface area (Å²) in [6.45, 7) is 5.39. The van der Waals surface area contributed by atoms with Crippen LogP contribution in [-0.2, 0) is 14.8 Å². The molecule has 3 rings (SSSR count). The lowest BCUT2D eigenvalue weighted by atomic mass is 10.2. The maximum atomic E-state index is 12.5. The van der Waals surface area contributed by atoms with Gasteiger partial charge in [0.25, 0.3) is 10.0 Å². The normalized spacial score (nSPS) is 17.1. The van der Waals surface area contributed by atoms with E-state index in [0.29, 0.717) is 23.0 Å². The molecular weight excluding hydrogens is 352 g/mol. The van der Waals surface area contributed by atoms with Gasteiger partial charge in [-0.15, -0.1) is 10.2 Å². The Balaban J connectivity index is 1.98. The van der Waals surface area contributed by atoms with Gasteiger partial charge in [0.05, 0.1) is 17.1 Å². The fourth-order valence-electron chi connectivity index (χ4n) is 2.39. The molecule has 1 amide bonds. The van der Waals surface area contributed by atoms with Crippen LogP contribution in [0, 0.1) is 6.92 Å². The number of fused-ring (bicyclic) bond motifs is 1. The molecule has 24 heavy (non-hydrogen) atoms. The largest absolute Gasteiger partial charge is 0.487 e. The van der Waals surface area contributed by atoms with Crippen LogP contribution in [0.4, 0.5) is 10.8 Å². The molecule has 0 fully saturated rings. The number of benzene rings is 1. The number of sulfonamides is 1. The van der Waals surface area contributed by atoms with Crippen LogP contribution in [0.25, 0.3) is 0 Å². The molecule has 128 valence electrons. The Hall–Kier alpha value is -2.20. The number of hydrogen-bond acceptors (Lipinski definition) is 7.